The van der Waals surface area contributed by atoms with E-state index in [2.05, 4.69) is 44.8 Å². The summed E-state index contributed by atoms with van der Waals surface area (Å²) < 4.78 is 0. The Kier molecular flexibility index (Phi) is 5.06. The highest BCUT2D eigenvalue weighted by molar-refractivity contribution is 7.11. The Balaban J connectivity index is 2.30. The fourth-order valence-corrected chi connectivity index (χ4v) is 2.43. The second-order valence-electron chi connectivity index (χ2n) is 4.10. The van der Waals surface area contributed by atoms with Gasteiger partial charge < -0.3 is 5.32 Å². The van der Waals surface area contributed by atoms with E-state index in [4.69, 9.17) is 0 Å². The van der Waals surface area contributed by atoms with E-state index < -0.39 is 0 Å². The van der Waals surface area contributed by atoms with Crippen LogP contribution in [0.5, 0.6) is 0 Å². The molecule has 1 unspecified atom stereocenters. The molecular weight excluding hydrogens is 202 g/mol. The normalized spacial score (nSPS) is 12.7. The van der Waals surface area contributed by atoms with Gasteiger partial charge in [-0.15, -0.1) is 11.3 Å². The van der Waals surface area contributed by atoms with Gasteiger partial charge >= 0.3 is 0 Å². The van der Waals surface area contributed by atoms with Crippen molar-refractivity contribution in [3.05, 3.63) is 34.0 Å². The summed E-state index contributed by atoms with van der Waals surface area (Å²) in [5.74, 6) is 0. The Morgan fingerprint density at radius 2 is 2.27 bits per heavy atom. The van der Waals surface area contributed by atoms with Crippen molar-refractivity contribution in [2.75, 3.05) is 6.54 Å². The maximum Gasteiger partial charge on any atom is 0.0164 e. The van der Waals surface area contributed by atoms with E-state index >= 15 is 0 Å². The van der Waals surface area contributed by atoms with Crippen molar-refractivity contribution in [1.29, 1.82) is 0 Å². The van der Waals surface area contributed by atoms with E-state index in [1.807, 2.05) is 11.3 Å². The maximum atomic E-state index is 4.00. The Morgan fingerprint density at radius 3 is 2.80 bits per heavy atom. The molecular formula is C13H21NS. The molecule has 1 N–H and O–H groups in total. The SMILES string of the molecule is C=C(CC)CNC(C)Cc1ccc(C)s1. The number of thiophene rings is 1. The zero-order chi connectivity index (χ0) is 11.3. The van der Waals surface area contributed by atoms with Gasteiger partial charge in [0.2, 0.25) is 0 Å². The van der Waals surface area contributed by atoms with Crippen LogP contribution in [0.25, 0.3) is 0 Å². The second kappa shape index (κ2) is 6.09. The minimum absolute atomic E-state index is 0.534. The number of rotatable bonds is 6. The third kappa shape index (κ3) is 4.63. The Labute approximate surface area is 97.2 Å². The minimum atomic E-state index is 0.534. The number of aryl methyl sites for hydroxylation is 1. The van der Waals surface area contributed by atoms with E-state index in [9.17, 15) is 0 Å². The van der Waals surface area contributed by atoms with Gasteiger partial charge in [-0.1, -0.05) is 19.1 Å². The molecule has 84 valence electrons. The van der Waals surface area contributed by atoms with Crippen LogP contribution in [0.15, 0.2) is 24.3 Å². The van der Waals surface area contributed by atoms with Gasteiger partial charge in [0, 0.05) is 22.3 Å². The van der Waals surface area contributed by atoms with E-state index in [1.165, 1.54) is 15.3 Å². The van der Waals surface area contributed by atoms with Crippen molar-refractivity contribution in [3.8, 4) is 0 Å². The number of nitrogens with one attached hydrogen (secondary N) is 1. The first-order chi connectivity index (χ1) is 7.11. The van der Waals surface area contributed by atoms with Gasteiger partial charge in [-0.3, -0.25) is 0 Å². The van der Waals surface area contributed by atoms with Crippen LogP contribution in [0.4, 0.5) is 0 Å². The fourth-order valence-electron chi connectivity index (χ4n) is 1.41. The third-order valence-corrected chi connectivity index (χ3v) is 3.53. The monoisotopic (exact) mass is 223 g/mol. The molecule has 1 heterocycles. The van der Waals surface area contributed by atoms with Crippen molar-refractivity contribution in [1.82, 2.24) is 5.32 Å². The standard InChI is InChI=1S/C13H21NS/c1-5-10(2)9-14-11(3)8-13-7-6-12(4)15-13/h6-7,11,14H,2,5,8-9H2,1,3-4H3. The summed E-state index contributed by atoms with van der Waals surface area (Å²) >= 11 is 1.89. The van der Waals surface area contributed by atoms with Gasteiger partial charge in [0.05, 0.1) is 0 Å². The lowest BCUT2D eigenvalue weighted by Gasteiger charge is -2.13. The smallest absolute Gasteiger partial charge is 0.0164 e. The first-order valence-electron chi connectivity index (χ1n) is 5.57. The highest BCUT2D eigenvalue weighted by Crippen LogP contribution is 2.16. The Morgan fingerprint density at radius 1 is 1.53 bits per heavy atom. The molecule has 1 rings (SSSR count). The number of hydrogen-bond donors (Lipinski definition) is 1. The molecule has 0 amide bonds. The summed E-state index contributed by atoms with van der Waals surface area (Å²) in [4.78, 5) is 2.87. The fraction of sp³-hybridized carbons (Fsp3) is 0.538. The van der Waals surface area contributed by atoms with Gasteiger partial charge in [0.1, 0.15) is 0 Å². The van der Waals surface area contributed by atoms with Crippen molar-refractivity contribution >= 4 is 11.3 Å². The van der Waals surface area contributed by atoms with Crippen LogP contribution in [-0.4, -0.2) is 12.6 Å². The third-order valence-electron chi connectivity index (χ3n) is 2.50. The second-order valence-corrected chi connectivity index (χ2v) is 5.47. The predicted molar refractivity (Wildman–Crippen MR) is 69.7 cm³/mol. The molecule has 0 saturated heterocycles. The van der Waals surface area contributed by atoms with Crippen LogP contribution in [0, 0.1) is 6.92 Å². The molecule has 2 heteroatoms. The summed E-state index contributed by atoms with van der Waals surface area (Å²) in [6, 6.07) is 4.95. The predicted octanol–water partition coefficient (Wildman–Crippen LogP) is 3.54. The van der Waals surface area contributed by atoms with E-state index in [-0.39, 0.29) is 0 Å². The van der Waals surface area contributed by atoms with Crippen molar-refractivity contribution in [2.24, 2.45) is 0 Å². The topological polar surface area (TPSA) is 12.0 Å². The molecule has 0 saturated carbocycles. The number of hydrogen-bond acceptors (Lipinski definition) is 2. The molecule has 15 heavy (non-hydrogen) atoms. The average molecular weight is 223 g/mol. The molecule has 1 aromatic heterocycles. The van der Waals surface area contributed by atoms with Crippen LogP contribution in [0.2, 0.25) is 0 Å². The van der Waals surface area contributed by atoms with Crippen LogP contribution in [0.3, 0.4) is 0 Å². The molecule has 0 aliphatic heterocycles. The molecule has 0 aliphatic rings. The van der Waals surface area contributed by atoms with E-state index in [1.54, 1.807) is 0 Å². The molecule has 1 nitrogen and oxygen atoms in total. The zero-order valence-corrected chi connectivity index (χ0v) is 10.8. The molecule has 0 fully saturated rings. The lowest BCUT2D eigenvalue weighted by Crippen LogP contribution is -2.29. The van der Waals surface area contributed by atoms with Crippen LogP contribution in [0.1, 0.15) is 30.0 Å². The summed E-state index contributed by atoms with van der Waals surface area (Å²) in [7, 11) is 0. The summed E-state index contributed by atoms with van der Waals surface area (Å²) in [5, 5.41) is 3.50. The highest BCUT2D eigenvalue weighted by atomic mass is 32.1. The van der Waals surface area contributed by atoms with Crippen LogP contribution >= 0.6 is 11.3 Å². The highest BCUT2D eigenvalue weighted by Gasteiger charge is 2.04. The quantitative estimate of drug-likeness (QED) is 0.727. The Bertz CT molecular complexity index is 314. The first kappa shape index (κ1) is 12.5. The molecule has 1 atom stereocenters. The minimum Gasteiger partial charge on any atom is -0.310 e. The summed E-state index contributed by atoms with van der Waals surface area (Å²) in [6.07, 6.45) is 2.19. The largest absolute Gasteiger partial charge is 0.310 e. The summed E-state index contributed by atoms with van der Waals surface area (Å²) in [6.45, 7) is 11.5. The van der Waals surface area contributed by atoms with Gasteiger partial charge in [-0.05, 0) is 38.8 Å². The lowest BCUT2D eigenvalue weighted by molar-refractivity contribution is 0.572. The lowest BCUT2D eigenvalue weighted by atomic mass is 10.2. The van der Waals surface area contributed by atoms with Gasteiger partial charge in [-0.2, -0.15) is 0 Å². The van der Waals surface area contributed by atoms with Gasteiger partial charge in [0.25, 0.3) is 0 Å². The van der Waals surface area contributed by atoms with Crippen LogP contribution < -0.4 is 5.32 Å². The average Bonchev–Trinajstić information content (AvgIpc) is 2.60. The van der Waals surface area contributed by atoms with Crippen molar-refractivity contribution < 1.29 is 0 Å². The zero-order valence-electron chi connectivity index (χ0n) is 9.97. The Hall–Kier alpha value is -0.600. The van der Waals surface area contributed by atoms with Gasteiger partial charge in [-0.25, -0.2) is 0 Å². The van der Waals surface area contributed by atoms with Crippen LogP contribution in [-0.2, 0) is 6.42 Å². The molecule has 0 aliphatic carbocycles. The van der Waals surface area contributed by atoms with Gasteiger partial charge in [0.15, 0.2) is 0 Å². The molecule has 0 aromatic carbocycles. The van der Waals surface area contributed by atoms with E-state index in [0.29, 0.717) is 6.04 Å². The van der Waals surface area contributed by atoms with Crippen molar-refractivity contribution in [3.63, 3.8) is 0 Å². The first-order valence-corrected chi connectivity index (χ1v) is 6.38. The molecule has 1 aromatic rings. The van der Waals surface area contributed by atoms with Crippen molar-refractivity contribution in [2.45, 2.75) is 39.7 Å². The summed E-state index contributed by atoms with van der Waals surface area (Å²) in [5.41, 5.74) is 1.28. The molecule has 0 radical (unpaired) electrons. The maximum absolute atomic E-state index is 4.00. The molecule has 0 bridgehead atoms. The van der Waals surface area contributed by atoms with E-state index in [0.717, 1.165) is 19.4 Å². The molecule has 0 spiro atoms.